The van der Waals surface area contributed by atoms with Gasteiger partial charge in [0.05, 0.1) is 5.54 Å². The van der Waals surface area contributed by atoms with Gasteiger partial charge in [-0.15, -0.1) is 0 Å². The first-order valence-electron chi connectivity index (χ1n) is 5.49. The molecule has 2 unspecified atom stereocenters. The number of likely N-dealkylation sites (N-methyl/N-ethyl adjacent to an activating group) is 1. The van der Waals surface area contributed by atoms with Gasteiger partial charge >= 0.3 is 0 Å². The van der Waals surface area contributed by atoms with Crippen molar-refractivity contribution in [3.63, 3.8) is 0 Å². The third-order valence-electron chi connectivity index (χ3n) is 3.25. The molecule has 5 nitrogen and oxygen atoms in total. The molecular weight excluding hydrogens is 220 g/mol. The number of amides is 1. The number of carbonyl (C=O) groups is 1. The predicted octanol–water partition coefficient (Wildman–Crippen LogP) is 0.0837. The first kappa shape index (κ1) is 12.0. The summed E-state index contributed by atoms with van der Waals surface area (Å²) in [5.74, 6) is -0.313. The molecule has 0 spiro atoms. The fourth-order valence-corrected chi connectivity index (χ4v) is 2.33. The van der Waals surface area contributed by atoms with E-state index in [1.54, 1.807) is 7.05 Å². The molecule has 1 aromatic rings. The number of carbonyl (C=O) groups excluding carboxylic acids is 1. The second kappa shape index (κ2) is 4.44. The molecule has 1 saturated heterocycles. The highest BCUT2D eigenvalue weighted by Gasteiger charge is 2.43. The summed E-state index contributed by atoms with van der Waals surface area (Å²) in [5, 5.41) is 19.2. The molecule has 3 N–H and O–H groups in total. The molecule has 0 aliphatic carbocycles. The molecule has 1 amide bonds. The maximum atomic E-state index is 11.5. The van der Waals surface area contributed by atoms with Crippen molar-refractivity contribution < 1.29 is 15.1 Å². The van der Waals surface area contributed by atoms with Crippen LogP contribution in [0, 0.1) is 0 Å². The number of hydrogen-bond acceptors (Lipinski definition) is 4. The zero-order valence-corrected chi connectivity index (χ0v) is 9.63. The van der Waals surface area contributed by atoms with Crippen LogP contribution in [-0.2, 0) is 10.3 Å². The van der Waals surface area contributed by atoms with E-state index >= 15 is 0 Å². The van der Waals surface area contributed by atoms with Crippen molar-refractivity contribution in [1.29, 1.82) is 0 Å². The molecule has 1 aliphatic heterocycles. The molecule has 2 rings (SSSR count). The SMILES string of the molecule is CN1CC(NO)(c2ccccc2)CC(O)C1=O. The summed E-state index contributed by atoms with van der Waals surface area (Å²) in [6, 6.07) is 9.32. The van der Waals surface area contributed by atoms with Crippen LogP contribution in [0.25, 0.3) is 0 Å². The number of hydroxylamine groups is 1. The quantitative estimate of drug-likeness (QED) is 0.636. The van der Waals surface area contributed by atoms with Gasteiger partial charge in [0.2, 0.25) is 0 Å². The lowest BCUT2D eigenvalue weighted by molar-refractivity contribution is -0.149. The standard InChI is InChI=1S/C12H16N2O3/c1-14-8-12(13-17,7-10(15)11(14)16)9-5-3-2-4-6-9/h2-6,10,13,15,17H,7-8H2,1H3. The summed E-state index contributed by atoms with van der Waals surface area (Å²) in [4.78, 5) is 12.9. The number of benzene rings is 1. The van der Waals surface area contributed by atoms with Crippen LogP contribution in [0.5, 0.6) is 0 Å². The molecule has 2 atom stereocenters. The molecule has 0 saturated carbocycles. The molecule has 5 heteroatoms. The van der Waals surface area contributed by atoms with Gasteiger partial charge in [-0.2, -0.15) is 5.48 Å². The van der Waals surface area contributed by atoms with Gasteiger partial charge in [-0.25, -0.2) is 0 Å². The average Bonchev–Trinajstić information content (AvgIpc) is 2.36. The highest BCUT2D eigenvalue weighted by Crippen LogP contribution is 2.31. The van der Waals surface area contributed by atoms with Crippen LogP contribution >= 0.6 is 0 Å². The fourth-order valence-electron chi connectivity index (χ4n) is 2.33. The molecule has 17 heavy (non-hydrogen) atoms. The summed E-state index contributed by atoms with van der Waals surface area (Å²) in [7, 11) is 1.61. The lowest BCUT2D eigenvalue weighted by Gasteiger charge is -2.42. The lowest BCUT2D eigenvalue weighted by Crippen LogP contribution is -2.59. The van der Waals surface area contributed by atoms with E-state index in [9.17, 15) is 15.1 Å². The molecular formula is C12H16N2O3. The van der Waals surface area contributed by atoms with Crippen molar-refractivity contribution >= 4 is 5.91 Å². The third kappa shape index (κ3) is 2.04. The Kier molecular flexibility index (Phi) is 3.15. The normalized spacial score (nSPS) is 29.5. The van der Waals surface area contributed by atoms with E-state index < -0.39 is 11.6 Å². The summed E-state index contributed by atoms with van der Waals surface area (Å²) < 4.78 is 0. The van der Waals surface area contributed by atoms with Crippen LogP contribution in [0.3, 0.4) is 0 Å². The number of nitrogens with one attached hydrogen (secondary N) is 1. The van der Waals surface area contributed by atoms with Gasteiger partial charge in [-0.3, -0.25) is 4.79 Å². The Bertz CT molecular complexity index is 393. The fraction of sp³-hybridized carbons (Fsp3) is 0.417. The number of nitrogens with zero attached hydrogens (tertiary/aromatic N) is 1. The van der Waals surface area contributed by atoms with Crippen molar-refractivity contribution in [2.45, 2.75) is 18.1 Å². The van der Waals surface area contributed by atoms with E-state index in [0.29, 0.717) is 6.54 Å². The van der Waals surface area contributed by atoms with E-state index in [1.165, 1.54) is 4.90 Å². The van der Waals surface area contributed by atoms with E-state index in [1.807, 2.05) is 30.3 Å². The zero-order valence-electron chi connectivity index (χ0n) is 9.63. The predicted molar refractivity (Wildman–Crippen MR) is 61.3 cm³/mol. The van der Waals surface area contributed by atoms with Gasteiger partial charge in [-0.05, 0) is 5.56 Å². The number of likely N-dealkylation sites (tertiary alicyclic amines) is 1. The Morgan fingerprint density at radius 2 is 2.06 bits per heavy atom. The van der Waals surface area contributed by atoms with Crippen molar-refractivity contribution in [2.75, 3.05) is 13.6 Å². The lowest BCUT2D eigenvalue weighted by atomic mass is 9.82. The zero-order chi connectivity index (χ0) is 12.5. The summed E-state index contributed by atoms with van der Waals surface area (Å²) in [6.45, 7) is 0.323. The minimum Gasteiger partial charge on any atom is -0.383 e. The van der Waals surface area contributed by atoms with Crippen LogP contribution < -0.4 is 5.48 Å². The van der Waals surface area contributed by atoms with Crippen molar-refractivity contribution in [3.05, 3.63) is 35.9 Å². The Morgan fingerprint density at radius 3 is 2.59 bits per heavy atom. The molecule has 1 aliphatic rings. The number of rotatable bonds is 2. The second-order valence-corrected chi connectivity index (χ2v) is 4.47. The summed E-state index contributed by atoms with van der Waals surface area (Å²) in [5.41, 5.74) is 2.31. The third-order valence-corrected chi connectivity index (χ3v) is 3.25. The molecule has 0 radical (unpaired) electrons. The first-order chi connectivity index (χ1) is 8.09. The first-order valence-corrected chi connectivity index (χ1v) is 5.49. The summed E-state index contributed by atoms with van der Waals surface area (Å²) >= 11 is 0. The van der Waals surface area contributed by atoms with E-state index in [-0.39, 0.29) is 12.3 Å². The van der Waals surface area contributed by atoms with E-state index in [4.69, 9.17) is 0 Å². The van der Waals surface area contributed by atoms with Crippen molar-refractivity contribution in [3.8, 4) is 0 Å². The summed E-state index contributed by atoms with van der Waals surface area (Å²) in [6.07, 6.45) is -0.926. The Morgan fingerprint density at radius 1 is 1.41 bits per heavy atom. The van der Waals surface area contributed by atoms with Crippen molar-refractivity contribution in [1.82, 2.24) is 10.4 Å². The van der Waals surface area contributed by atoms with Gasteiger partial charge in [-0.1, -0.05) is 30.3 Å². The van der Waals surface area contributed by atoms with E-state index in [2.05, 4.69) is 5.48 Å². The van der Waals surface area contributed by atoms with Gasteiger partial charge in [0.25, 0.3) is 5.91 Å². The van der Waals surface area contributed by atoms with Crippen molar-refractivity contribution in [2.24, 2.45) is 0 Å². The highest BCUT2D eigenvalue weighted by molar-refractivity contribution is 5.81. The second-order valence-electron chi connectivity index (χ2n) is 4.47. The van der Waals surface area contributed by atoms with Gasteiger partial charge < -0.3 is 15.2 Å². The number of piperidine rings is 1. The minimum absolute atomic E-state index is 0.163. The monoisotopic (exact) mass is 236 g/mol. The van der Waals surface area contributed by atoms with Crippen LogP contribution in [0.4, 0.5) is 0 Å². The number of aliphatic hydroxyl groups excluding tert-OH is 1. The van der Waals surface area contributed by atoms with E-state index in [0.717, 1.165) is 5.56 Å². The minimum atomic E-state index is -1.09. The van der Waals surface area contributed by atoms with Crippen LogP contribution in [0.1, 0.15) is 12.0 Å². The van der Waals surface area contributed by atoms with Gasteiger partial charge in [0, 0.05) is 20.0 Å². The smallest absolute Gasteiger partial charge is 0.251 e. The maximum absolute atomic E-state index is 11.5. The molecule has 1 heterocycles. The van der Waals surface area contributed by atoms with Gasteiger partial charge in [0.1, 0.15) is 6.10 Å². The topological polar surface area (TPSA) is 72.8 Å². The van der Waals surface area contributed by atoms with Crippen LogP contribution in [0.15, 0.2) is 30.3 Å². The average molecular weight is 236 g/mol. The molecule has 0 aromatic heterocycles. The highest BCUT2D eigenvalue weighted by atomic mass is 16.5. The number of aliphatic hydroxyl groups is 1. The molecule has 0 bridgehead atoms. The van der Waals surface area contributed by atoms with Crippen LogP contribution in [0.2, 0.25) is 0 Å². The Hall–Kier alpha value is -1.43. The Labute approximate surface area is 99.6 Å². The van der Waals surface area contributed by atoms with Gasteiger partial charge in [0.15, 0.2) is 0 Å². The number of hydrogen-bond donors (Lipinski definition) is 3. The molecule has 1 aromatic carbocycles. The molecule has 92 valence electrons. The largest absolute Gasteiger partial charge is 0.383 e. The molecule has 1 fully saturated rings. The van der Waals surface area contributed by atoms with Crippen LogP contribution in [-0.4, -0.2) is 40.8 Å². The maximum Gasteiger partial charge on any atom is 0.251 e. The Balaban J connectivity index is 2.36.